The molecule has 0 aromatic heterocycles. The topological polar surface area (TPSA) is 131 Å². The zero-order valence-corrected chi connectivity index (χ0v) is 10.2. The second kappa shape index (κ2) is 9.37. The molecule has 0 bridgehead atoms. The van der Waals surface area contributed by atoms with Crippen molar-refractivity contribution in [2.24, 2.45) is 17.7 Å². The molecule has 0 aromatic carbocycles. The monoisotopic (exact) mass is 262 g/mol. The number of hydrogen-bond donors (Lipinski definition) is 2. The summed E-state index contributed by atoms with van der Waals surface area (Å²) >= 11 is 0. The lowest BCUT2D eigenvalue weighted by Crippen LogP contribution is -2.22. The van der Waals surface area contributed by atoms with Crippen LogP contribution in [0, 0.1) is 5.92 Å². The first-order valence-corrected chi connectivity index (χ1v) is 5.42. The summed E-state index contributed by atoms with van der Waals surface area (Å²) in [6, 6.07) is 0. The minimum atomic E-state index is -0.625. The van der Waals surface area contributed by atoms with Crippen LogP contribution < -0.4 is 11.8 Å². The van der Waals surface area contributed by atoms with Gasteiger partial charge in [-0.25, -0.2) is 0 Å². The van der Waals surface area contributed by atoms with Crippen LogP contribution in [0.25, 0.3) is 0 Å². The van der Waals surface area contributed by atoms with Crippen molar-refractivity contribution < 1.29 is 28.8 Å². The Morgan fingerprint density at radius 2 is 1.67 bits per heavy atom. The molecule has 8 nitrogen and oxygen atoms in total. The van der Waals surface area contributed by atoms with Gasteiger partial charge in [0.1, 0.15) is 0 Å². The van der Waals surface area contributed by atoms with E-state index in [4.69, 9.17) is 5.90 Å². The maximum Gasteiger partial charge on any atom is 0.327 e. The minimum absolute atomic E-state index is 0.0810. The highest BCUT2D eigenvalue weighted by Gasteiger charge is 2.21. The van der Waals surface area contributed by atoms with Crippen LogP contribution in [0.2, 0.25) is 0 Å². The second-order valence-electron chi connectivity index (χ2n) is 3.63. The maximum absolute atomic E-state index is 11.3. The van der Waals surface area contributed by atoms with E-state index in [-0.39, 0.29) is 19.3 Å². The fourth-order valence-corrected chi connectivity index (χ4v) is 1.42. The highest BCUT2D eigenvalue weighted by atomic mass is 16.7. The Kier molecular flexibility index (Phi) is 8.50. The van der Waals surface area contributed by atoms with Crippen molar-refractivity contribution in [2.45, 2.75) is 32.1 Å². The van der Waals surface area contributed by atoms with E-state index >= 15 is 0 Å². The van der Waals surface area contributed by atoms with Crippen molar-refractivity contribution in [1.82, 2.24) is 0 Å². The Morgan fingerprint density at radius 3 is 2.17 bits per heavy atom. The molecule has 0 heterocycles. The number of hydrogen-bond acceptors (Lipinski definition) is 8. The number of methoxy groups -OCH3 is 1. The van der Waals surface area contributed by atoms with Crippen LogP contribution in [-0.2, 0) is 28.8 Å². The molecule has 0 aliphatic heterocycles. The predicted molar refractivity (Wildman–Crippen MR) is 59.1 cm³/mol. The molecule has 0 saturated heterocycles. The van der Waals surface area contributed by atoms with Gasteiger partial charge in [-0.3, -0.25) is 14.4 Å². The zero-order chi connectivity index (χ0) is 14.0. The molecule has 1 atom stereocenters. The Bertz CT molecular complexity index is 294. The quantitative estimate of drug-likeness (QED) is 0.444. The van der Waals surface area contributed by atoms with Crippen LogP contribution in [0.3, 0.4) is 0 Å². The molecule has 0 aliphatic rings. The van der Waals surface area contributed by atoms with Gasteiger partial charge in [0.15, 0.2) is 0 Å². The Balaban J connectivity index is 4.11. The van der Waals surface area contributed by atoms with Gasteiger partial charge in [0.05, 0.1) is 13.0 Å². The van der Waals surface area contributed by atoms with Crippen LogP contribution in [0.1, 0.15) is 32.1 Å². The van der Waals surface area contributed by atoms with Crippen LogP contribution >= 0.6 is 0 Å². The Hall–Kier alpha value is -1.67. The summed E-state index contributed by atoms with van der Waals surface area (Å²) in [6.07, 6.45) is 1.15. The van der Waals surface area contributed by atoms with E-state index in [2.05, 4.69) is 20.3 Å². The highest BCUT2D eigenvalue weighted by Crippen LogP contribution is 2.16. The van der Waals surface area contributed by atoms with Gasteiger partial charge < -0.3 is 14.4 Å². The Labute approximate surface area is 104 Å². The molecule has 4 N–H and O–H groups in total. The summed E-state index contributed by atoms with van der Waals surface area (Å²) in [7, 11) is 1.26. The first kappa shape index (κ1) is 16.3. The molecule has 0 radical (unpaired) electrons. The minimum Gasteiger partial charge on any atom is -0.469 e. The third kappa shape index (κ3) is 6.81. The lowest BCUT2D eigenvalue weighted by molar-refractivity contribution is -0.151. The molecular weight excluding hydrogens is 244 g/mol. The number of ether oxygens (including phenoxy) is 1. The summed E-state index contributed by atoms with van der Waals surface area (Å²) < 4.78 is 4.46. The molecule has 0 aromatic rings. The molecule has 0 saturated carbocycles. The normalized spacial score (nSPS) is 11.5. The predicted octanol–water partition coefficient (Wildman–Crippen LogP) is -0.440. The molecule has 0 amide bonds. The molecule has 0 spiro atoms. The standard InChI is InChI=1S/C10H18N2O6/c1-16-8(13)6-5-7(10(15)18-12)3-2-4-9(14)17-11/h7H,2-6,11-12H2,1H3. The van der Waals surface area contributed by atoms with E-state index in [1.54, 1.807) is 0 Å². The summed E-state index contributed by atoms with van der Waals surface area (Å²) in [5.74, 6) is 7.29. The highest BCUT2D eigenvalue weighted by molar-refractivity contribution is 5.74. The van der Waals surface area contributed by atoms with Crippen molar-refractivity contribution in [3.63, 3.8) is 0 Å². The van der Waals surface area contributed by atoms with E-state index in [0.717, 1.165) is 0 Å². The van der Waals surface area contributed by atoms with Crippen molar-refractivity contribution in [1.29, 1.82) is 0 Å². The molecule has 0 rings (SSSR count). The largest absolute Gasteiger partial charge is 0.469 e. The van der Waals surface area contributed by atoms with Gasteiger partial charge in [-0.05, 0) is 19.3 Å². The van der Waals surface area contributed by atoms with Crippen LogP contribution in [-0.4, -0.2) is 25.0 Å². The van der Waals surface area contributed by atoms with Gasteiger partial charge in [-0.1, -0.05) is 0 Å². The third-order valence-corrected chi connectivity index (χ3v) is 2.44. The number of carbonyl (C=O) groups excluding carboxylic acids is 3. The molecule has 1 unspecified atom stereocenters. The van der Waals surface area contributed by atoms with Gasteiger partial charge in [-0.15, -0.1) is 0 Å². The van der Waals surface area contributed by atoms with Gasteiger partial charge >= 0.3 is 17.9 Å². The first-order valence-electron chi connectivity index (χ1n) is 5.42. The van der Waals surface area contributed by atoms with Gasteiger partial charge in [0.25, 0.3) is 0 Å². The zero-order valence-electron chi connectivity index (χ0n) is 10.2. The van der Waals surface area contributed by atoms with Crippen molar-refractivity contribution in [2.75, 3.05) is 7.11 Å². The summed E-state index contributed by atoms with van der Waals surface area (Å²) in [4.78, 5) is 41.2. The summed E-state index contributed by atoms with van der Waals surface area (Å²) in [5, 5.41) is 0. The lowest BCUT2D eigenvalue weighted by atomic mass is 9.97. The summed E-state index contributed by atoms with van der Waals surface area (Å²) in [6.45, 7) is 0. The van der Waals surface area contributed by atoms with Crippen molar-refractivity contribution in [3.8, 4) is 0 Å². The first-order chi connectivity index (χ1) is 8.54. The van der Waals surface area contributed by atoms with Crippen molar-refractivity contribution in [3.05, 3.63) is 0 Å². The molecular formula is C10H18N2O6. The SMILES string of the molecule is COC(=O)CCC(CCCC(=O)ON)C(=O)ON. The number of nitrogens with two attached hydrogens (primary N) is 2. The average Bonchev–Trinajstić information content (AvgIpc) is 2.40. The van der Waals surface area contributed by atoms with Crippen LogP contribution in [0.15, 0.2) is 0 Å². The number of rotatable bonds is 8. The van der Waals surface area contributed by atoms with Crippen molar-refractivity contribution >= 4 is 17.9 Å². The fourth-order valence-electron chi connectivity index (χ4n) is 1.42. The van der Waals surface area contributed by atoms with Crippen LogP contribution in [0.4, 0.5) is 0 Å². The lowest BCUT2D eigenvalue weighted by Gasteiger charge is -2.12. The molecule has 0 aliphatic carbocycles. The van der Waals surface area contributed by atoms with Gasteiger partial charge in [-0.2, -0.15) is 11.8 Å². The van der Waals surface area contributed by atoms with E-state index < -0.39 is 23.8 Å². The van der Waals surface area contributed by atoms with Gasteiger partial charge in [0.2, 0.25) is 0 Å². The van der Waals surface area contributed by atoms with E-state index in [1.165, 1.54) is 7.11 Å². The maximum atomic E-state index is 11.3. The molecule has 18 heavy (non-hydrogen) atoms. The van der Waals surface area contributed by atoms with E-state index in [0.29, 0.717) is 12.8 Å². The molecule has 104 valence electrons. The van der Waals surface area contributed by atoms with Gasteiger partial charge in [0, 0.05) is 12.8 Å². The fraction of sp³-hybridized carbons (Fsp3) is 0.700. The Morgan fingerprint density at radius 1 is 1.00 bits per heavy atom. The summed E-state index contributed by atoms with van der Waals surface area (Å²) in [5.41, 5.74) is 0. The van der Waals surface area contributed by atoms with E-state index in [1.807, 2.05) is 0 Å². The second-order valence-corrected chi connectivity index (χ2v) is 3.63. The smallest absolute Gasteiger partial charge is 0.327 e. The van der Waals surface area contributed by atoms with Crippen LogP contribution in [0.5, 0.6) is 0 Å². The third-order valence-electron chi connectivity index (χ3n) is 2.44. The average molecular weight is 262 g/mol. The number of esters is 1. The number of carbonyl (C=O) groups is 3. The van der Waals surface area contributed by atoms with E-state index in [9.17, 15) is 14.4 Å². The molecule has 0 fully saturated rings. The molecule has 8 heteroatoms.